The second kappa shape index (κ2) is 9.86. The average Bonchev–Trinajstić information content (AvgIpc) is 2.74. The number of hydrogen-bond donors (Lipinski definition) is 2. The number of rotatable bonds is 7. The van der Waals surface area contributed by atoms with E-state index in [4.69, 9.17) is 11.6 Å². The summed E-state index contributed by atoms with van der Waals surface area (Å²) in [4.78, 5) is 13.0. The Morgan fingerprint density at radius 1 is 0.938 bits per heavy atom. The molecule has 0 radical (unpaired) electrons. The van der Waals surface area contributed by atoms with Crippen LogP contribution in [0.15, 0.2) is 72.8 Å². The molecule has 168 valence electrons. The van der Waals surface area contributed by atoms with Crippen LogP contribution in [0.1, 0.15) is 17.2 Å². The molecule has 1 atom stereocenters. The highest BCUT2D eigenvalue weighted by Gasteiger charge is 2.31. The minimum absolute atomic E-state index is 0.0633. The largest absolute Gasteiger partial charge is 0.435 e. The van der Waals surface area contributed by atoms with Crippen molar-refractivity contribution in [2.45, 2.75) is 18.8 Å². The maximum absolute atomic E-state index is 13.0. The summed E-state index contributed by atoms with van der Waals surface area (Å²) in [5.41, 5.74) is -0.252. The zero-order chi connectivity index (χ0) is 23.3. The molecule has 0 saturated heterocycles. The normalized spacial score (nSPS) is 12.3. The van der Waals surface area contributed by atoms with Gasteiger partial charge >= 0.3 is 12.8 Å². The summed E-state index contributed by atoms with van der Waals surface area (Å²) in [5.74, 6) is -0.743. The molecule has 0 aliphatic carbocycles. The molecule has 0 saturated carbocycles. The van der Waals surface area contributed by atoms with Gasteiger partial charge in [-0.25, -0.2) is 0 Å². The lowest BCUT2D eigenvalue weighted by atomic mass is 10.1. The molecule has 1 amide bonds. The molecular weight excluding hydrogens is 455 g/mol. The number of anilines is 2. The van der Waals surface area contributed by atoms with Crippen molar-refractivity contribution in [2.24, 2.45) is 0 Å². The van der Waals surface area contributed by atoms with E-state index >= 15 is 0 Å². The molecule has 3 aromatic rings. The van der Waals surface area contributed by atoms with Crippen molar-refractivity contribution in [3.8, 4) is 5.75 Å². The van der Waals surface area contributed by atoms with Gasteiger partial charge in [-0.2, -0.15) is 22.0 Å². The maximum atomic E-state index is 13.0. The van der Waals surface area contributed by atoms with Crippen molar-refractivity contribution in [1.29, 1.82) is 0 Å². The smallest absolute Gasteiger partial charge is 0.416 e. The number of ether oxygens (including phenoxy) is 1. The number of carbonyl (C=O) groups excluding carboxylic acids is 1. The van der Waals surface area contributed by atoms with Gasteiger partial charge in [-0.3, -0.25) is 4.79 Å². The molecule has 0 bridgehead atoms. The van der Waals surface area contributed by atoms with Gasteiger partial charge in [0.2, 0.25) is 0 Å². The van der Waals surface area contributed by atoms with E-state index in [0.29, 0.717) is 11.3 Å². The molecule has 0 aromatic heterocycles. The Morgan fingerprint density at radius 3 is 2.19 bits per heavy atom. The highest BCUT2D eigenvalue weighted by molar-refractivity contribution is 6.33. The van der Waals surface area contributed by atoms with E-state index in [1.807, 2.05) is 0 Å². The number of alkyl halides is 5. The van der Waals surface area contributed by atoms with Crippen LogP contribution < -0.4 is 15.4 Å². The first-order valence-corrected chi connectivity index (χ1v) is 9.55. The molecule has 0 aliphatic heterocycles. The monoisotopic (exact) mass is 470 g/mol. The van der Waals surface area contributed by atoms with E-state index in [9.17, 15) is 26.7 Å². The molecule has 3 aromatic carbocycles. The van der Waals surface area contributed by atoms with Crippen LogP contribution in [0.5, 0.6) is 5.75 Å². The Bertz CT molecular complexity index is 1060. The number of halogens is 6. The predicted octanol–water partition coefficient (Wildman–Crippen LogP) is 6.75. The van der Waals surface area contributed by atoms with Crippen molar-refractivity contribution < 1.29 is 31.5 Å². The summed E-state index contributed by atoms with van der Waals surface area (Å²) in [5, 5.41) is 5.30. The Morgan fingerprint density at radius 2 is 1.59 bits per heavy atom. The third kappa shape index (κ3) is 6.10. The van der Waals surface area contributed by atoms with E-state index in [0.717, 1.165) is 18.2 Å². The molecule has 32 heavy (non-hydrogen) atoms. The standard InChI is InChI=1S/C22H16ClF5N2O2/c23-17-11-6-14(22(26,27)28)12-18(17)30-20(31)19(13-4-2-1-3-5-13)29-15-7-9-16(10-8-15)32-21(24)25/h1-12,19,21,29H,(H,30,31)/t19-/m0/s1. The third-order valence-electron chi connectivity index (χ3n) is 4.34. The second-order valence-corrected chi connectivity index (χ2v) is 6.98. The minimum Gasteiger partial charge on any atom is -0.435 e. The number of carbonyl (C=O) groups is 1. The molecule has 0 aliphatic rings. The molecule has 2 N–H and O–H groups in total. The summed E-state index contributed by atoms with van der Waals surface area (Å²) in [6.07, 6.45) is -4.61. The van der Waals surface area contributed by atoms with Crippen molar-refractivity contribution >= 4 is 28.9 Å². The summed E-state index contributed by atoms with van der Waals surface area (Å²) in [7, 11) is 0. The molecule has 0 unspecified atom stereocenters. The summed E-state index contributed by atoms with van der Waals surface area (Å²) in [6.45, 7) is -2.98. The van der Waals surface area contributed by atoms with Gasteiger partial charge in [0.25, 0.3) is 5.91 Å². The van der Waals surface area contributed by atoms with Crippen molar-refractivity contribution in [3.63, 3.8) is 0 Å². The van der Waals surface area contributed by atoms with E-state index < -0.39 is 30.3 Å². The number of benzene rings is 3. The Balaban J connectivity index is 1.86. The van der Waals surface area contributed by atoms with Gasteiger partial charge in [-0.05, 0) is 48.0 Å². The van der Waals surface area contributed by atoms with Crippen molar-refractivity contribution in [1.82, 2.24) is 0 Å². The van der Waals surface area contributed by atoms with Crippen LogP contribution in [0, 0.1) is 0 Å². The summed E-state index contributed by atoms with van der Waals surface area (Å²) < 4.78 is 68.0. The Kier molecular flexibility index (Phi) is 7.19. The van der Waals surface area contributed by atoms with Gasteiger partial charge < -0.3 is 15.4 Å². The fourth-order valence-corrected chi connectivity index (χ4v) is 3.01. The lowest BCUT2D eigenvalue weighted by Crippen LogP contribution is -2.27. The molecule has 0 spiro atoms. The number of hydrogen-bond acceptors (Lipinski definition) is 3. The van der Waals surface area contributed by atoms with Crippen LogP contribution in [0.2, 0.25) is 5.02 Å². The van der Waals surface area contributed by atoms with E-state index in [1.165, 1.54) is 24.3 Å². The average molecular weight is 471 g/mol. The first kappa shape index (κ1) is 23.3. The summed E-state index contributed by atoms with van der Waals surface area (Å²) in [6, 6.07) is 15.4. The molecular formula is C22H16ClF5N2O2. The van der Waals surface area contributed by atoms with Crippen molar-refractivity contribution in [2.75, 3.05) is 10.6 Å². The van der Waals surface area contributed by atoms with Gasteiger partial charge in [0, 0.05) is 5.69 Å². The number of amides is 1. The van der Waals surface area contributed by atoms with Crippen LogP contribution in [0.4, 0.5) is 33.3 Å². The van der Waals surface area contributed by atoms with Gasteiger partial charge in [-0.1, -0.05) is 41.9 Å². The first-order valence-electron chi connectivity index (χ1n) is 9.17. The first-order chi connectivity index (χ1) is 15.1. The molecule has 0 heterocycles. The van der Waals surface area contributed by atoms with Gasteiger partial charge in [-0.15, -0.1) is 0 Å². The maximum Gasteiger partial charge on any atom is 0.416 e. The summed E-state index contributed by atoms with van der Waals surface area (Å²) >= 11 is 5.98. The quantitative estimate of drug-likeness (QED) is 0.375. The second-order valence-electron chi connectivity index (χ2n) is 6.57. The third-order valence-corrected chi connectivity index (χ3v) is 4.67. The fourth-order valence-electron chi connectivity index (χ4n) is 2.85. The Hall–Kier alpha value is -3.33. The van der Waals surface area contributed by atoms with Crippen LogP contribution in [0.25, 0.3) is 0 Å². The Labute approximate surface area is 185 Å². The SMILES string of the molecule is O=C(Nc1cc(C(F)(F)F)ccc1Cl)[C@@H](Nc1ccc(OC(F)F)cc1)c1ccccc1. The van der Waals surface area contributed by atoms with Crippen LogP contribution in [-0.4, -0.2) is 12.5 Å². The van der Waals surface area contributed by atoms with Crippen molar-refractivity contribution in [3.05, 3.63) is 88.9 Å². The van der Waals surface area contributed by atoms with E-state index in [-0.39, 0.29) is 16.5 Å². The molecule has 10 heteroatoms. The lowest BCUT2D eigenvalue weighted by molar-refractivity contribution is -0.137. The minimum atomic E-state index is -4.61. The number of nitrogens with one attached hydrogen (secondary N) is 2. The van der Waals surface area contributed by atoms with Crippen LogP contribution in [-0.2, 0) is 11.0 Å². The highest BCUT2D eigenvalue weighted by Crippen LogP contribution is 2.34. The molecule has 4 nitrogen and oxygen atoms in total. The fraction of sp³-hybridized carbons (Fsp3) is 0.136. The van der Waals surface area contributed by atoms with Crippen LogP contribution >= 0.6 is 11.6 Å². The molecule has 3 rings (SSSR count). The van der Waals surface area contributed by atoms with Gasteiger partial charge in [0.15, 0.2) is 0 Å². The van der Waals surface area contributed by atoms with Gasteiger partial charge in [0.05, 0.1) is 16.3 Å². The molecule has 0 fully saturated rings. The predicted molar refractivity (Wildman–Crippen MR) is 111 cm³/mol. The highest BCUT2D eigenvalue weighted by atomic mass is 35.5. The lowest BCUT2D eigenvalue weighted by Gasteiger charge is -2.21. The van der Waals surface area contributed by atoms with E-state index in [2.05, 4.69) is 15.4 Å². The zero-order valence-electron chi connectivity index (χ0n) is 16.2. The van der Waals surface area contributed by atoms with Crippen LogP contribution in [0.3, 0.4) is 0 Å². The topological polar surface area (TPSA) is 50.4 Å². The van der Waals surface area contributed by atoms with Gasteiger partial charge in [0.1, 0.15) is 11.8 Å². The zero-order valence-corrected chi connectivity index (χ0v) is 16.9. The van der Waals surface area contributed by atoms with E-state index in [1.54, 1.807) is 30.3 Å².